The highest BCUT2D eigenvalue weighted by molar-refractivity contribution is 5.94. The van der Waals surface area contributed by atoms with Crippen LogP contribution in [0.25, 0.3) is 0 Å². The van der Waals surface area contributed by atoms with Crippen LogP contribution in [0.4, 0.5) is 9.18 Å². The Morgan fingerprint density at radius 3 is 2.65 bits per heavy atom. The molecule has 1 aromatic rings. The van der Waals surface area contributed by atoms with Crippen molar-refractivity contribution in [3.8, 4) is 0 Å². The number of ether oxygens (including phenoxy) is 1. The van der Waals surface area contributed by atoms with E-state index in [0.29, 0.717) is 13.1 Å². The summed E-state index contributed by atoms with van der Waals surface area (Å²) < 4.78 is 19.0. The van der Waals surface area contributed by atoms with Gasteiger partial charge in [-0.15, -0.1) is 0 Å². The van der Waals surface area contributed by atoms with Gasteiger partial charge in [0.1, 0.15) is 11.4 Å². The number of likely N-dealkylation sites (tertiary alicyclic amines) is 1. The van der Waals surface area contributed by atoms with Crippen molar-refractivity contribution in [3.05, 3.63) is 35.6 Å². The van der Waals surface area contributed by atoms with E-state index in [1.807, 2.05) is 0 Å². The van der Waals surface area contributed by atoms with Gasteiger partial charge in [0.2, 0.25) is 0 Å². The van der Waals surface area contributed by atoms with Gasteiger partial charge in [-0.05, 0) is 45.7 Å². The predicted octanol–water partition coefficient (Wildman–Crippen LogP) is 2.96. The van der Waals surface area contributed by atoms with Crippen LogP contribution in [0, 0.1) is 5.82 Å². The summed E-state index contributed by atoms with van der Waals surface area (Å²) in [5, 5.41) is 2.78. The quantitative estimate of drug-likeness (QED) is 0.911. The van der Waals surface area contributed by atoms with Gasteiger partial charge in [0, 0.05) is 19.1 Å². The second-order valence-electron chi connectivity index (χ2n) is 6.72. The Morgan fingerprint density at radius 1 is 1.30 bits per heavy atom. The normalized spacial score (nSPS) is 18.4. The van der Waals surface area contributed by atoms with Gasteiger partial charge in [-0.2, -0.15) is 0 Å². The summed E-state index contributed by atoms with van der Waals surface area (Å²) >= 11 is 0. The topological polar surface area (TPSA) is 58.6 Å². The molecule has 5 nitrogen and oxygen atoms in total. The van der Waals surface area contributed by atoms with Crippen molar-refractivity contribution < 1.29 is 18.7 Å². The molecule has 0 bridgehead atoms. The molecular weight excluding hydrogens is 299 g/mol. The molecule has 1 atom stereocenters. The van der Waals surface area contributed by atoms with E-state index in [4.69, 9.17) is 4.74 Å². The molecule has 1 N–H and O–H groups in total. The lowest BCUT2D eigenvalue weighted by Gasteiger charge is -2.33. The van der Waals surface area contributed by atoms with Crippen molar-refractivity contribution in [2.24, 2.45) is 0 Å². The highest BCUT2D eigenvalue weighted by atomic mass is 19.1. The number of alkyl carbamates (subject to hydrolysis) is 1. The first-order valence-electron chi connectivity index (χ1n) is 7.79. The van der Waals surface area contributed by atoms with Crippen LogP contribution in [-0.4, -0.2) is 41.6 Å². The zero-order valence-electron chi connectivity index (χ0n) is 13.8. The van der Waals surface area contributed by atoms with Crippen LogP contribution in [0.2, 0.25) is 0 Å². The number of carbonyl (C=O) groups is 2. The summed E-state index contributed by atoms with van der Waals surface area (Å²) in [7, 11) is 0. The number of hydrogen-bond donors (Lipinski definition) is 1. The smallest absolute Gasteiger partial charge is 0.407 e. The Bertz CT molecular complexity index is 583. The van der Waals surface area contributed by atoms with Crippen LogP contribution in [0.1, 0.15) is 44.0 Å². The lowest BCUT2D eigenvalue weighted by Crippen LogP contribution is -2.50. The SMILES string of the molecule is CC(C)(C)OC(=O)NC1CCCN(C(=O)c2ccccc2F)C1. The van der Waals surface area contributed by atoms with Crippen molar-refractivity contribution in [1.82, 2.24) is 10.2 Å². The summed E-state index contributed by atoms with van der Waals surface area (Å²) in [5.41, 5.74) is -0.507. The van der Waals surface area contributed by atoms with Gasteiger partial charge >= 0.3 is 6.09 Å². The Hall–Kier alpha value is -2.11. The van der Waals surface area contributed by atoms with Gasteiger partial charge in [-0.25, -0.2) is 9.18 Å². The van der Waals surface area contributed by atoms with Crippen molar-refractivity contribution in [3.63, 3.8) is 0 Å². The average Bonchev–Trinajstić information content (AvgIpc) is 2.45. The number of amides is 2. The van der Waals surface area contributed by atoms with Gasteiger partial charge in [-0.3, -0.25) is 4.79 Å². The maximum Gasteiger partial charge on any atom is 0.407 e. The van der Waals surface area contributed by atoms with Crippen LogP contribution < -0.4 is 5.32 Å². The number of carbonyl (C=O) groups excluding carboxylic acids is 2. The summed E-state index contributed by atoms with van der Waals surface area (Å²) in [5.74, 6) is -0.876. The van der Waals surface area contributed by atoms with Gasteiger partial charge < -0.3 is 15.0 Å². The number of nitrogens with zero attached hydrogens (tertiary/aromatic N) is 1. The van der Waals surface area contributed by atoms with E-state index in [2.05, 4.69) is 5.32 Å². The standard InChI is InChI=1S/C17H23FN2O3/c1-17(2,3)23-16(22)19-12-7-6-10-20(11-12)15(21)13-8-4-5-9-14(13)18/h4-5,8-9,12H,6-7,10-11H2,1-3H3,(H,19,22). The lowest BCUT2D eigenvalue weighted by atomic mass is 10.0. The van der Waals surface area contributed by atoms with Crippen molar-refractivity contribution in [2.75, 3.05) is 13.1 Å². The molecule has 0 spiro atoms. The largest absolute Gasteiger partial charge is 0.444 e. The van der Waals surface area contributed by atoms with E-state index in [0.717, 1.165) is 12.8 Å². The van der Waals surface area contributed by atoms with Gasteiger partial charge in [-0.1, -0.05) is 12.1 Å². The first kappa shape index (κ1) is 17.2. The Labute approximate surface area is 135 Å². The molecule has 0 aliphatic carbocycles. The number of nitrogens with one attached hydrogen (secondary N) is 1. The van der Waals surface area contributed by atoms with E-state index in [9.17, 15) is 14.0 Å². The van der Waals surface area contributed by atoms with Crippen LogP contribution >= 0.6 is 0 Å². The summed E-state index contributed by atoms with van der Waals surface area (Å²) in [6.07, 6.45) is 1.02. The molecule has 0 aromatic heterocycles. The first-order chi connectivity index (χ1) is 10.8. The number of halogens is 1. The van der Waals surface area contributed by atoms with E-state index in [1.54, 1.807) is 37.8 Å². The molecule has 1 aliphatic rings. The molecule has 1 unspecified atom stereocenters. The molecule has 1 aliphatic heterocycles. The van der Waals surface area contributed by atoms with Crippen molar-refractivity contribution >= 4 is 12.0 Å². The van der Waals surface area contributed by atoms with Gasteiger partial charge in [0.15, 0.2) is 0 Å². The molecular formula is C17H23FN2O3. The third-order valence-corrected chi connectivity index (χ3v) is 3.53. The highest BCUT2D eigenvalue weighted by Gasteiger charge is 2.28. The lowest BCUT2D eigenvalue weighted by molar-refractivity contribution is 0.0451. The minimum atomic E-state index is -0.568. The van der Waals surface area contributed by atoms with E-state index < -0.39 is 17.5 Å². The average molecular weight is 322 g/mol. The zero-order valence-corrected chi connectivity index (χ0v) is 13.8. The van der Waals surface area contributed by atoms with Crippen LogP contribution in [0.3, 0.4) is 0 Å². The van der Waals surface area contributed by atoms with Gasteiger partial charge in [0.25, 0.3) is 5.91 Å². The summed E-state index contributed by atoms with van der Waals surface area (Å²) in [6, 6.07) is 5.75. The molecule has 1 heterocycles. The number of benzene rings is 1. The molecule has 1 fully saturated rings. The van der Waals surface area contributed by atoms with Gasteiger partial charge in [0.05, 0.1) is 5.56 Å². The molecule has 1 saturated heterocycles. The molecule has 6 heteroatoms. The molecule has 1 aromatic carbocycles. The van der Waals surface area contributed by atoms with Crippen LogP contribution in [-0.2, 0) is 4.74 Å². The number of rotatable bonds is 2. The third kappa shape index (κ3) is 4.94. The summed E-state index contributed by atoms with van der Waals surface area (Å²) in [6.45, 7) is 6.29. The minimum Gasteiger partial charge on any atom is -0.444 e. The molecule has 0 radical (unpaired) electrons. The molecule has 126 valence electrons. The fourth-order valence-electron chi connectivity index (χ4n) is 2.56. The second kappa shape index (κ2) is 6.98. The third-order valence-electron chi connectivity index (χ3n) is 3.53. The Morgan fingerprint density at radius 2 is 2.00 bits per heavy atom. The Balaban J connectivity index is 1.97. The fourth-order valence-corrected chi connectivity index (χ4v) is 2.56. The van der Waals surface area contributed by atoms with Crippen molar-refractivity contribution in [2.45, 2.75) is 45.3 Å². The zero-order chi connectivity index (χ0) is 17.0. The second-order valence-corrected chi connectivity index (χ2v) is 6.72. The number of hydrogen-bond acceptors (Lipinski definition) is 3. The van der Waals surface area contributed by atoms with E-state index in [1.165, 1.54) is 12.1 Å². The maximum absolute atomic E-state index is 13.8. The molecule has 2 amide bonds. The molecule has 23 heavy (non-hydrogen) atoms. The van der Waals surface area contributed by atoms with Crippen LogP contribution in [0.5, 0.6) is 0 Å². The van der Waals surface area contributed by atoms with E-state index in [-0.39, 0.29) is 17.5 Å². The fraction of sp³-hybridized carbons (Fsp3) is 0.529. The minimum absolute atomic E-state index is 0.0606. The first-order valence-corrected chi connectivity index (χ1v) is 7.79. The highest BCUT2D eigenvalue weighted by Crippen LogP contribution is 2.16. The Kier molecular flexibility index (Phi) is 5.23. The monoisotopic (exact) mass is 322 g/mol. The predicted molar refractivity (Wildman–Crippen MR) is 84.7 cm³/mol. The molecule has 0 saturated carbocycles. The summed E-state index contributed by atoms with van der Waals surface area (Å²) in [4.78, 5) is 25.8. The van der Waals surface area contributed by atoms with Crippen LogP contribution in [0.15, 0.2) is 24.3 Å². The van der Waals surface area contributed by atoms with Crippen molar-refractivity contribution in [1.29, 1.82) is 0 Å². The van der Waals surface area contributed by atoms with E-state index >= 15 is 0 Å². The molecule has 2 rings (SSSR count). The number of piperidine rings is 1. The maximum atomic E-state index is 13.8.